The van der Waals surface area contributed by atoms with Crippen LogP contribution in [0.3, 0.4) is 0 Å². The van der Waals surface area contributed by atoms with Crippen LogP contribution in [0, 0.1) is 0 Å². The molecule has 1 heterocycles. The summed E-state index contributed by atoms with van der Waals surface area (Å²) >= 11 is 3.83. The molecule has 0 saturated carbocycles. The Morgan fingerprint density at radius 1 is 1.64 bits per heavy atom. The van der Waals surface area contributed by atoms with Gasteiger partial charge in [0.2, 0.25) is 0 Å². The summed E-state index contributed by atoms with van der Waals surface area (Å²) in [6.45, 7) is 6.29. The summed E-state index contributed by atoms with van der Waals surface area (Å²) in [5, 5.41) is 0. The third kappa shape index (κ3) is 5.43. The maximum absolute atomic E-state index is 5.61. The average Bonchev–Trinajstić information content (AvgIpc) is 2.65. The van der Waals surface area contributed by atoms with E-state index in [-0.39, 0.29) is 0 Å². The first-order chi connectivity index (χ1) is 6.83. The van der Waals surface area contributed by atoms with Gasteiger partial charge in [0.15, 0.2) is 9.04 Å². The largest absolute Gasteiger partial charge is 0.421 e. The predicted octanol–water partition coefficient (Wildman–Crippen LogP) is 2.60. The molecule has 0 amide bonds. The van der Waals surface area contributed by atoms with Crippen molar-refractivity contribution in [3.8, 4) is 0 Å². The van der Waals surface area contributed by atoms with Gasteiger partial charge < -0.3 is 4.43 Å². The monoisotopic (exact) mass is 249 g/mol. The van der Waals surface area contributed by atoms with E-state index in [0.717, 1.165) is 13.2 Å². The molecule has 0 saturated heterocycles. The van der Waals surface area contributed by atoms with Crippen LogP contribution in [0.15, 0.2) is 4.99 Å². The molecule has 0 aromatic rings. The maximum atomic E-state index is 5.61. The smallest absolute Gasteiger partial charge is 0.173 e. The van der Waals surface area contributed by atoms with Crippen molar-refractivity contribution < 1.29 is 4.43 Å². The molecule has 0 aromatic heterocycles. The highest BCUT2D eigenvalue weighted by Crippen LogP contribution is 2.23. The van der Waals surface area contributed by atoms with Gasteiger partial charge in [-0.3, -0.25) is 4.99 Å². The highest BCUT2D eigenvalue weighted by atomic mass is 32.2. The molecule has 1 unspecified atom stereocenters. The Morgan fingerprint density at radius 2 is 2.50 bits per heavy atom. The summed E-state index contributed by atoms with van der Waals surface area (Å²) in [6, 6.07) is 1.30. The van der Waals surface area contributed by atoms with Crippen molar-refractivity contribution in [2.24, 2.45) is 4.99 Å². The second-order valence-corrected chi connectivity index (χ2v) is 8.21. The number of hydrogen-bond donors (Lipinski definition) is 0. The van der Waals surface area contributed by atoms with Crippen LogP contribution in [0.25, 0.3) is 0 Å². The van der Waals surface area contributed by atoms with Crippen molar-refractivity contribution in [3.05, 3.63) is 0 Å². The Labute approximate surface area is 97.0 Å². The molecule has 1 rings (SSSR count). The number of nitrogens with zero attached hydrogens (tertiary/aromatic N) is 1. The minimum Gasteiger partial charge on any atom is -0.421 e. The van der Waals surface area contributed by atoms with Gasteiger partial charge in [-0.2, -0.15) is 0 Å². The Balaban J connectivity index is 1.93. The van der Waals surface area contributed by atoms with Gasteiger partial charge in [0, 0.05) is 12.4 Å². The fraction of sp³-hybridized carbons (Fsp3) is 0.889. The maximum Gasteiger partial charge on any atom is 0.173 e. The van der Waals surface area contributed by atoms with Crippen LogP contribution in [-0.4, -0.2) is 38.1 Å². The van der Waals surface area contributed by atoms with Gasteiger partial charge >= 0.3 is 0 Å². The zero-order chi connectivity index (χ0) is 10.2. The zero-order valence-electron chi connectivity index (χ0n) is 8.99. The second-order valence-electron chi connectivity index (χ2n) is 3.25. The lowest BCUT2D eigenvalue weighted by Crippen LogP contribution is -2.12. The van der Waals surface area contributed by atoms with Crippen molar-refractivity contribution in [2.45, 2.75) is 25.9 Å². The van der Waals surface area contributed by atoms with E-state index in [1.165, 1.54) is 28.3 Å². The Hall–Kier alpha value is 0.547. The minimum absolute atomic E-state index is 0.827. The summed E-state index contributed by atoms with van der Waals surface area (Å²) in [5.41, 5.74) is 0. The number of rotatable bonds is 6. The van der Waals surface area contributed by atoms with Crippen LogP contribution in [0.4, 0.5) is 0 Å². The van der Waals surface area contributed by atoms with Crippen molar-refractivity contribution in [3.63, 3.8) is 0 Å². The first-order valence-electron chi connectivity index (χ1n) is 5.24. The van der Waals surface area contributed by atoms with E-state index in [2.05, 4.69) is 18.5 Å². The standard InChI is InChI=1S/C9H19NOS2Si/c1-3-11-14(2)8-4-6-12-9-10-5-7-13-9/h14H,3-8H2,1-2H3. The van der Waals surface area contributed by atoms with Gasteiger partial charge in [-0.15, -0.1) is 11.8 Å². The Morgan fingerprint density at radius 3 is 3.14 bits per heavy atom. The van der Waals surface area contributed by atoms with Crippen LogP contribution in [0.1, 0.15) is 13.3 Å². The predicted molar refractivity (Wildman–Crippen MR) is 71.3 cm³/mol. The molecular formula is C9H19NOS2Si. The van der Waals surface area contributed by atoms with Crippen molar-refractivity contribution >= 4 is 36.9 Å². The summed E-state index contributed by atoms with van der Waals surface area (Å²) < 4.78 is 6.91. The topological polar surface area (TPSA) is 21.6 Å². The quantitative estimate of drug-likeness (QED) is 0.533. The van der Waals surface area contributed by atoms with E-state index in [4.69, 9.17) is 4.43 Å². The van der Waals surface area contributed by atoms with Crippen LogP contribution in [-0.2, 0) is 4.43 Å². The molecular weight excluding hydrogens is 230 g/mol. The highest BCUT2D eigenvalue weighted by molar-refractivity contribution is 8.39. The molecule has 0 bridgehead atoms. The summed E-state index contributed by atoms with van der Waals surface area (Å²) in [4.78, 5) is 4.41. The molecule has 1 atom stereocenters. The summed E-state index contributed by atoms with van der Waals surface area (Å²) in [6.07, 6.45) is 1.29. The van der Waals surface area contributed by atoms with Gasteiger partial charge in [0.1, 0.15) is 4.38 Å². The lowest BCUT2D eigenvalue weighted by molar-refractivity contribution is 0.345. The van der Waals surface area contributed by atoms with E-state index in [9.17, 15) is 0 Å². The van der Waals surface area contributed by atoms with Gasteiger partial charge in [0.05, 0.1) is 6.54 Å². The molecule has 1 aliphatic rings. The third-order valence-corrected chi connectivity index (χ3v) is 6.45. The Kier molecular flexibility index (Phi) is 7.02. The lowest BCUT2D eigenvalue weighted by atomic mass is 10.6. The fourth-order valence-electron chi connectivity index (χ4n) is 1.30. The van der Waals surface area contributed by atoms with Crippen molar-refractivity contribution in [1.29, 1.82) is 0 Å². The molecule has 0 spiro atoms. The normalized spacial score (nSPS) is 18.3. The zero-order valence-corrected chi connectivity index (χ0v) is 11.8. The number of aliphatic imine (C=N–C) groups is 1. The van der Waals surface area contributed by atoms with E-state index in [1.54, 1.807) is 0 Å². The SMILES string of the molecule is CCO[SiH](C)CCCSC1=NCCS1. The molecule has 0 radical (unpaired) electrons. The molecule has 2 nitrogen and oxygen atoms in total. The molecule has 82 valence electrons. The summed E-state index contributed by atoms with van der Waals surface area (Å²) in [5.74, 6) is 2.41. The lowest BCUT2D eigenvalue weighted by Gasteiger charge is -2.08. The van der Waals surface area contributed by atoms with Gasteiger partial charge in [-0.05, 0) is 31.7 Å². The Bertz CT molecular complexity index is 190. The molecule has 0 fully saturated rings. The number of hydrogen-bond acceptors (Lipinski definition) is 4. The van der Waals surface area contributed by atoms with Crippen molar-refractivity contribution in [1.82, 2.24) is 0 Å². The van der Waals surface area contributed by atoms with E-state index in [1.807, 2.05) is 23.5 Å². The molecule has 0 N–H and O–H groups in total. The first-order valence-corrected chi connectivity index (χ1v) is 9.66. The van der Waals surface area contributed by atoms with E-state index < -0.39 is 9.04 Å². The molecule has 0 aliphatic carbocycles. The van der Waals surface area contributed by atoms with Crippen molar-refractivity contribution in [2.75, 3.05) is 24.7 Å². The summed E-state index contributed by atoms with van der Waals surface area (Å²) in [7, 11) is -0.827. The van der Waals surface area contributed by atoms with Gasteiger partial charge in [-0.25, -0.2) is 0 Å². The molecule has 5 heteroatoms. The van der Waals surface area contributed by atoms with E-state index in [0.29, 0.717) is 0 Å². The van der Waals surface area contributed by atoms with E-state index >= 15 is 0 Å². The highest BCUT2D eigenvalue weighted by Gasteiger charge is 2.08. The first kappa shape index (κ1) is 12.6. The molecule has 1 aliphatic heterocycles. The van der Waals surface area contributed by atoms with Crippen LogP contribution < -0.4 is 0 Å². The fourth-order valence-corrected chi connectivity index (χ4v) is 5.15. The van der Waals surface area contributed by atoms with Crippen LogP contribution in [0.2, 0.25) is 12.6 Å². The molecule has 0 aromatic carbocycles. The van der Waals surface area contributed by atoms with Gasteiger partial charge in [-0.1, -0.05) is 11.8 Å². The minimum atomic E-state index is -0.827. The average molecular weight is 249 g/mol. The van der Waals surface area contributed by atoms with Crippen LogP contribution in [0.5, 0.6) is 0 Å². The third-order valence-electron chi connectivity index (χ3n) is 1.99. The van der Waals surface area contributed by atoms with Crippen LogP contribution >= 0.6 is 23.5 Å². The second kappa shape index (κ2) is 7.79. The molecule has 14 heavy (non-hydrogen) atoms. The number of thioether (sulfide) groups is 2. The van der Waals surface area contributed by atoms with Gasteiger partial charge in [0.25, 0.3) is 0 Å².